The molecule has 0 aliphatic rings. The van der Waals surface area contributed by atoms with Crippen LogP contribution >= 0.6 is 0 Å². The highest BCUT2D eigenvalue weighted by atomic mass is 16.5. The van der Waals surface area contributed by atoms with Crippen molar-refractivity contribution in [3.63, 3.8) is 0 Å². The Morgan fingerprint density at radius 2 is 1.70 bits per heavy atom. The van der Waals surface area contributed by atoms with Crippen molar-refractivity contribution in [1.29, 1.82) is 0 Å². The standard InChI is InChI=1S/C20H19NO2/c1-15-6-10-19(11-7-15)23-13-12-21-20(22)18-9-8-16-4-2-3-5-17(16)14-18/h2-11,14H,12-13H2,1H3,(H,21,22). The summed E-state index contributed by atoms with van der Waals surface area (Å²) in [4.78, 5) is 12.2. The summed E-state index contributed by atoms with van der Waals surface area (Å²) in [6.07, 6.45) is 0. The van der Waals surface area contributed by atoms with Gasteiger partial charge in [0.2, 0.25) is 0 Å². The van der Waals surface area contributed by atoms with Gasteiger partial charge < -0.3 is 10.1 Å². The normalized spacial score (nSPS) is 10.5. The van der Waals surface area contributed by atoms with Gasteiger partial charge in [0, 0.05) is 5.56 Å². The first-order valence-corrected chi connectivity index (χ1v) is 7.69. The average Bonchev–Trinajstić information content (AvgIpc) is 2.59. The largest absolute Gasteiger partial charge is 0.492 e. The molecule has 1 amide bonds. The Balaban J connectivity index is 1.53. The zero-order valence-corrected chi connectivity index (χ0v) is 13.1. The molecule has 0 bridgehead atoms. The van der Waals surface area contributed by atoms with Crippen LogP contribution in [0.4, 0.5) is 0 Å². The van der Waals surface area contributed by atoms with E-state index in [1.807, 2.05) is 73.7 Å². The third kappa shape index (κ3) is 3.89. The Kier molecular flexibility index (Phi) is 4.57. The van der Waals surface area contributed by atoms with E-state index in [2.05, 4.69) is 5.32 Å². The van der Waals surface area contributed by atoms with Crippen molar-refractivity contribution in [2.45, 2.75) is 6.92 Å². The minimum atomic E-state index is -0.0803. The van der Waals surface area contributed by atoms with Gasteiger partial charge >= 0.3 is 0 Å². The van der Waals surface area contributed by atoms with E-state index in [1.54, 1.807) is 0 Å². The van der Waals surface area contributed by atoms with Crippen molar-refractivity contribution in [2.75, 3.05) is 13.2 Å². The molecule has 0 heterocycles. The molecule has 3 rings (SSSR count). The second-order valence-corrected chi connectivity index (χ2v) is 5.48. The summed E-state index contributed by atoms with van der Waals surface area (Å²) in [6, 6.07) is 21.6. The second kappa shape index (κ2) is 6.97. The Hall–Kier alpha value is -2.81. The first kappa shape index (κ1) is 15.1. The SMILES string of the molecule is Cc1ccc(OCCNC(=O)c2ccc3ccccc3c2)cc1. The van der Waals surface area contributed by atoms with Crippen LogP contribution in [0.15, 0.2) is 66.7 Å². The molecule has 0 atom stereocenters. The van der Waals surface area contributed by atoms with Gasteiger partial charge in [0.25, 0.3) is 5.91 Å². The van der Waals surface area contributed by atoms with Crippen LogP contribution in [0.2, 0.25) is 0 Å². The first-order chi connectivity index (χ1) is 11.2. The number of carbonyl (C=O) groups excluding carboxylic acids is 1. The smallest absolute Gasteiger partial charge is 0.251 e. The molecule has 3 nitrogen and oxygen atoms in total. The topological polar surface area (TPSA) is 38.3 Å². The van der Waals surface area contributed by atoms with Gasteiger partial charge in [-0.05, 0) is 42.0 Å². The monoisotopic (exact) mass is 305 g/mol. The zero-order valence-electron chi connectivity index (χ0n) is 13.1. The van der Waals surface area contributed by atoms with Crippen LogP contribution in [0.5, 0.6) is 5.75 Å². The van der Waals surface area contributed by atoms with Gasteiger partial charge in [-0.1, -0.05) is 48.0 Å². The van der Waals surface area contributed by atoms with Crippen LogP contribution in [0.3, 0.4) is 0 Å². The van der Waals surface area contributed by atoms with E-state index in [9.17, 15) is 4.79 Å². The number of benzene rings is 3. The van der Waals surface area contributed by atoms with Crippen molar-refractivity contribution < 1.29 is 9.53 Å². The zero-order chi connectivity index (χ0) is 16.1. The fourth-order valence-electron chi connectivity index (χ4n) is 2.40. The van der Waals surface area contributed by atoms with E-state index in [0.29, 0.717) is 18.7 Å². The number of rotatable bonds is 5. The maximum atomic E-state index is 12.2. The van der Waals surface area contributed by atoms with Gasteiger partial charge in [-0.3, -0.25) is 4.79 Å². The Morgan fingerprint density at radius 1 is 0.957 bits per heavy atom. The van der Waals surface area contributed by atoms with E-state index in [1.165, 1.54) is 5.56 Å². The average molecular weight is 305 g/mol. The maximum Gasteiger partial charge on any atom is 0.251 e. The minimum absolute atomic E-state index is 0.0803. The third-order valence-corrected chi connectivity index (χ3v) is 3.69. The number of aryl methyl sites for hydroxylation is 1. The van der Waals surface area contributed by atoms with Crippen molar-refractivity contribution in [1.82, 2.24) is 5.32 Å². The molecule has 1 N–H and O–H groups in total. The molecule has 0 aliphatic carbocycles. The van der Waals surface area contributed by atoms with Gasteiger partial charge in [-0.2, -0.15) is 0 Å². The fraction of sp³-hybridized carbons (Fsp3) is 0.150. The summed E-state index contributed by atoms with van der Waals surface area (Å²) < 4.78 is 5.60. The summed E-state index contributed by atoms with van der Waals surface area (Å²) in [7, 11) is 0. The van der Waals surface area contributed by atoms with E-state index in [4.69, 9.17) is 4.74 Å². The summed E-state index contributed by atoms with van der Waals surface area (Å²) in [5, 5.41) is 5.08. The molecule has 0 saturated carbocycles. The van der Waals surface area contributed by atoms with Gasteiger partial charge in [0.05, 0.1) is 6.54 Å². The molecule has 0 fully saturated rings. The number of carbonyl (C=O) groups is 1. The molecule has 3 aromatic carbocycles. The highest BCUT2D eigenvalue weighted by molar-refractivity contribution is 5.98. The second-order valence-electron chi connectivity index (χ2n) is 5.48. The molecule has 3 aromatic rings. The lowest BCUT2D eigenvalue weighted by Crippen LogP contribution is -2.28. The lowest BCUT2D eigenvalue weighted by Gasteiger charge is -2.08. The van der Waals surface area contributed by atoms with Gasteiger partial charge in [-0.25, -0.2) is 0 Å². The number of hydrogen-bond donors (Lipinski definition) is 1. The fourth-order valence-corrected chi connectivity index (χ4v) is 2.40. The molecular formula is C20H19NO2. The Labute approximate surface area is 135 Å². The van der Waals surface area contributed by atoms with E-state index < -0.39 is 0 Å². The molecule has 0 radical (unpaired) electrons. The number of ether oxygens (including phenoxy) is 1. The Bertz CT molecular complexity index is 809. The quantitative estimate of drug-likeness (QED) is 0.725. The molecule has 3 heteroatoms. The maximum absolute atomic E-state index is 12.2. The molecule has 0 unspecified atom stereocenters. The highest BCUT2D eigenvalue weighted by Gasteiger charge is 2.05. The van der Waals surface area contributed by atoms with E-state index in [-0.39, 0.29) is 5.91 Å². The van der Waals surface area contributed by atoms with Crippen LogP contribution in [-0.2, 0) is 0 Å². The van der Waals surface area contributed by atoms with E-state index >= 15 is 0 Å². The molecule has 116 valence electrons. The van der Waals surface area contributed by atoms with Gasteiger partial charge in [0.1, 0.15) is 12.4 Å². The molecule has 0 spiro atoms. The van der Waals surface area contributed by atoms with Crippen LogP contribution in [0, 0.1) is 6.92 Å². The van der Waals surface area contributed by atoms with Gasteiger partial charge in [-0.15, -0.1) is 0 Å². The summed E-state index contributed by atoms with van der Waals surface area (Å²) in [5.41, 5.74) is 1.86. The van der Waals surface area contributed by atoms with Crippen molar-refractivity contribution in [3.8, 4) is 5.75 Å². The van der Waals surface area contributed by atoms with Crippen molar-refractivity contribution in [2.24, 2.45) is 0 Å². The van der Waals surface area contributed by atoms with Crippen molar-refractivity contribution >= 4 is 16.7 Å². The highest BCUT2D eigenvalue weighted by Crippen LogP contribution is 2.15. The third-order valence-electron chi connectivity index (χ3n) is 3.69. The molecule has 0 aliphatic heterocycles. The van der Waals surface area contributed by atoms with Crippen LogP contribution in [-0.4, -0.2) is 19.1 Å². The Morgan fingerprint density at radius 3 is 2.48 bits per heavy atom. The van der Waals surface area contributed by atoms with Crippen LogP contribution < -0.4 is 10.1 Å². The number of amides is 1. The van der Waals surface area contributed by atoms with Crippen molar-refractivity contribution in [3.05, 3.63) is 77.9 Å². The van der Waals surface area contributed by atoms with Crippen LogP contribution in [0.1, 0.15) is 15.9 Å². The van der Waals surface area contributed by atoms with Gasteiger partial charge in [0.15, 0.2) is 0 Å². The minimum Gasteiger partial charge on any atom is -0.492 e. The number of fused-ring (bicyclic) bond motifs is 1. The summed E-state index contributed by atoms with van der Waals surface area (Å²) >= 11 is 0. The molecule has 0 aromatic heterocycles. The number of hydrogen-bond acceptors (Lipinski definition) is 2. The predicted octanol–water partition coefficient (Wildman–Crippen LogP) is 3.96. The van der Waals surface area contributed by atoms with Crippen LogP contribution in [0.25, 0.3) is 10.8 Å². The lowest BCUT2D eigenvalue weighted by atomic mass is 10.1. The molecule has 0 saturated heterocycles. The summed E-state index contributed by atoms with van der Waals surface area (Å²) in [5.74, 6) is 0.735. The first-order valence-electron chi connectivity index (χ1n) is 7.69. The lowest BCUT2D eigenvalue weighted by molar-refractivity contribution is 0.0947. The van der Waals surface area contributed by atoms with E-state index in [0.717, 1.165) is 16.5 Å². The number of nitrogens with one attached hydrogen (secondary N) is 1. The summed E-state index contributed by atoms with van der Waals surface area (Å²) in [6.45, 7) is 2.95. The predicted molar refractivity (Wildman–Crippen MR) is 93.0 cm³/mol. The molecule has 23 heavy (non-hydrogen) atoms. The molecular weight excluding hydrogens is 286 g/mol.